The predicted molar refractivity (Wildman–Crippen MR) is 117 cm³/mol. The molecule has 6 heteroatoms. The lowest BCUT2D eigenvalue weighted by Gasteiger charge is -2.35. The zero-order valence-corrected chi connectivity index (χ0v) is 18.1. The maximum Gasteiger partial charge on any atom is 0.225 e. The molecule has 1 aliphatic heterocycles. The van der Waals surface area contributed by atoms with E-state index >= 15 is 0 Å². The van der Waals surface area contributed by atoms with Gasteiger partial charge in [-0.05, 0) is 37.6 Å². The molecule has 1 aliphatic carbocycles. The summed E-state index contributed by atoms with van der Waals surface area (Å²) in [5.74, 6) is 2.55. The molecule has 1 saturated carbocycles. The van der Waals surface area contributed by atoms with Gasteiger partial charge in [0.2, 0.25) is 5.91 Å². The highest BCUT2D eigenvalue weighted by atomic mass is 16.5. The molecule has 4 rings (SSSR count). The average Bonchev–Trinajstić information content (AvgIpc) is 3.27. The van der Waals surface area contributed by atoms with Crippen molar-refractivity contribution in [1.82, 2.24) is 19.8 Å². The van der Waals surface area contributed by atoms with E-state index in [1.54, 1.807) is 6.20 Å². The van der Waals surface area contributed by atoms with Crippen LogP contribution in [0, 0.1) is 5.92 Å². The fourth-order valence-electron chi connectivity index (χ4n) is 4.72. The molecule has 2 heterocycles. The molecule has 1 saturated heterocycles. The highest BCUT2D eigenvalue weighted by Gasteiger charge is 2.29. The van der Waals surface area contributed by atoms with Crippen molar-refractivity contribution in [2.45, 2.75) is 64.1 Å². The molecule has 0 unspecified atom stereocenters. The molecule has 1 aromatic heterocycles. The number of hydrogen-bond donors (Lipinski definition) is 1. The van der Waals surface area contributed by atoms with Crippen molar-refractivity contribution < 1.29 is 9.53 Å². The number of aromatic amines is 1. The largest absolute Gasteiger partial charge is 0.490 e. The van der Waals surface area contributed by atoms with Gasteiger partial charge in [-0.1, -0.05) is 31.4 Å². The van der Waals surface area contributed by atoms with Crippen molar-refractivity contribution in [2.24, 2.45) is 5.92 Å². The highest BCUT2D eigenvalue weighted by Crippen LogP contribution is 2.27. The zero-order chi connectivity index (χ0) is 20.8. The summed E-state index contributed by atoms with van der Waals surface area (Å²) >= 11 is 0. The van der Waals surface area contributed by atoms with Crippen molar-refractivity contribution in [3.8, 4) is 5.75 Å². The Bertz CT molecular complexity index is 793. The molecule has 0 atom stereocenters. The Labute approximate surface area is 179 Å². The molecular formula is C24H34N4O2. The van der Waals surface area contributed by atoms with Crippen LogP contribution in [0.4, 0.5) is 0 Å². The van der Waals surface area contributed by atoms with Gasteiger partial charge in [0.05, 0.1) is 6.54 Å². The Morgan fingerprint density at radius 1 is 1.17 bits per heavy atom. The van der Waals surface area contributed by atoms with E-state index in [2.05, 4.69) is 45.0 Å². The third-order valence-electron chi connectivity index (χ3n) is 6.34. The van der Waals surface area contributed by atoms with Crippen molar-refractivity contribution in [3.05, 3.63) is 48.0 Å². The van der Waals surface area contributed by atoms with E-state index < -0.39 is 0 Å². The second kappa shape index (κ2) is 10.1. The smallest absolute Gasteiger partial charge is 0.225 e. The Hall–Kier alpha value is -2.34. The fraction of sp³-hybridized carbons (Fsp3) is 0.583. The lowest BCUT2D eigenvalue weighted by molar-refractivity contribution is -0.138. The molecule has 30 heavy (non-hydrogen) atoms. The number of nitrogens with zero attached hydrogens (tertiary/aromatic N) is 3. The van der Waals surface area contributed by atoms with Crippen LogP contribution in [0.3, 0.4) is 0 Å². The quantitative estimate of drug-likeness (QED) is 0.750. The summed E-state index contributed by atoms with van der Waals surface area (Å²) in [6, 6.07) is 8.37. The molecule has 1 N–H and O–H groups in total. The third-order valence-corrected chi connectivity index (χ3v) is 6.34. The molecule has 0 radical (unpaired) electrons. The van der Waals surface area contributed by atoms with Crippen molar-refractivity contribution >= 4 is 5.91 Å². The monoisotopic (exact) mass is 410 g/mol. The van der Waals surface area contributed by atoms with E-state index in [0.717, 1.165) is 63.4 Å². The first-order valence-corrected chi connectivity index (χ1v) is 11.4. The number of amides is 1. The summed E-state index contributed by atoms with van der Waals surface area (Å²) in [6.45, 7) is 3.27. The van der Waals surface area contributed by atoms with Crippen LogP contribution in [-0.2, 0) is 17.9 Å². The van der Waals surface area contributed by atoms with Gasteiger partial charge >= 0.3 is 0 Å². The average molecular weight is 411 g/mol. The number of rotatable bonds is 7. The Morgan fingerprint density at radius 3 is 2.70 bits per heavy atom. The summed E-state index contributed by atoms with van der Waals surface area (Å²) in [4.78, 5) is 24.5. The molecular weight excluding hydrogens is 376 g/mol. The number of aromatic nitrogens is 2. The molecule has 0 spiro atoms. The standard InChI is InChI=1S/C24H34N4O2/c1-27(18-23-25-12-13-26-23)17-19-6-5-9-22(16-19)30-21-10-14-28(15-11-21)24(29)20-7-3-2-4-8-20/h5-6,9,12-13,16,20-21H,2-4,7-8,10-11,14-15,17-18H2,1H3,(H,25,26). The topological polar surface area (TPSA) is 61.5 Å². The first-order valence-electron chi connectivity index (χ1n) is 11.4. The summed E-state index contributed by atoms with van der Waals surface area (Å²) in [6.07, 6.45) is 11.5. The maximum absolute atomic E-state index is 12.8. The number of likely N-dealkylation sites (tertiary alicyclic amines) is 1. The minimum atomic E-state index is 0.191. The van der Waals surface area contributed by atoms with Gasteiger partial charge in [-0.3, -0.25) is 9.69 Å². The Kier molecular flexibility index (Phi) is 7.05. The SMILES string of the molecule is CN(Cc1cccc(OC2CCN(C(=O)C3CCCCC3)CC2)c1)Cc1ncc[nH]1. The summed E-state index contributed by atoms with van der Waals surface area (Å²) < 4.78 is 6.28. The summed E-state index contributed by atoms with van der Waals surface area (Å²) in [5.41, 5.74) is 1.23. The minimum absolute atomic E-state index is 0.191. The number of imidazole rings is 1. The van der Waals surface area contributed by atoms with Crippen LogP contribution < -0.4 is 4.74 Å². The summed E-state index contributed by atoms with van der Waals surface area (Å²) in [5, 5.41) is 0. The van der Waals surface area contributed by atoms with Gasteiger partial charge in [0.15, 0.2) is 0 Å². The van der Waals surface area contributed by atoms with E-state index in [0.29, 0.717) is 5.91 Å². The van der Waals surface area contributed by atoms with Gasteiger partial charge in [0.25, 0.3) is 0 Å². The first-order chi connectivity index (χ1) is 14.7. The van der Waals surface area contributed by atoms with Gasteiger partial charge < -0.3 is 14.6 Å². The molecule has 1 amide bonds. The second-order valence-corrected chi connectivity index (χ2v) is 8.83. The van der Waals surface area contributed by atoms with Crippen LogP contribution in [0.5, 0.6) is 5.75 Å². The normalized spacial score (nSPS) is 18.7. The first kappa shape index (κ1) is 20.9. The number of hydrogen-bond acceptors (Lipinski definition) is 4. The number of carbonyl (C=O) groups excluding carboxylic acids is 1. The molecule has 2 aliphatic rings. The van der Waals surface area contributed by atoms with Gasteiger partial charge in [0, 0.05) is 50.8 Å². The molecule has 1 aromatic carbocycles. The van der Waals surface area contributed by atoms with E-state index in [1.165, 1.54) is 24.8 Å². The lowest BCUT2D eigenvalue weighted by Crippen LogP contribution is -2.44. The van der Waals surface area contributed by atoms with Crippen LogP contribution in [0.2, 0.25) is 0 Å². The lowest BCUT2D eigenvalue weighted by atomic mass is 9.88. The van der Waals surface area contributed by atoms with Crippen LogP contribution in [0.25, 0.3) is 0 Å². The fourth-order valence-corrected chi connectivity index (χ4v) is 4.72. The van der Waals surface area contributed by atoms with E-state index in [4.69, 9.17) is 4.74 Å². The zero-order valence-electron chi connectivity index (χ0n) is 18.1. The van der Waals surface area contributed by atoms with Gasteiger partial charge in [-0.15, -0.1) is 0 Å². The van der Waals surface area contributed by atoms with E-state index in [9.17, 15) is 4.79 Å². The number of benzene rings is 1. The summed E-state index contributed by atoms with van der Waals surface area (Å²) in [7, 11) is 2.09. The molecule has 2 aromatic rings. The Balaban J connectivity index is 1.25. The van der Waals surface area contributed by atoms with Crippen LogP contribution in [0.15, 0.2) is 36.7 Å². The number of piperidine rings is 1. The number of H-pyrrole nitrogens is 1. The molecule has 162 valence electrons. The second-order valence-electron chi connectivity index (χ2n) is 8.83. The van der Waals surface area contributed by atoms with Gasteiger partial charge in [-0.25, -0.2) is 4.98 Å². The highest BCUT2D eigenvalue weighted by molar-refractivity contribution is 5.79. The Morgan fingerprint density at radius 2 is 1.97 bits per heavy atom. The van der Waals surface area contributed by atoms with Crippen LogP contribution >= 0.6 is 0 Å². The minimum Gasteiger partial charge on any atom is -0.490 e. The molecule has 2 fully saturated rings. The van der Waals surface area contributed by atoms with E-state index in [-0.39, 0.29) is 12.0 Å². The molecule has 0 bridgehead atoms. The molecule has 6 nitrogen and oxygen atoms in total. The van der Waals surface area contributed by atoms with E-state index in [1.807, 2.05) is 12.3 Å². The number of ether oxygens (including phenoxy) is 1. The third kappa shape index (κ3) is 5.63. The van der Waals surface area contributed by atoms with Crippen molar-refractivity contribution in [1.29, 1.82) is 0 Å². The number of nitrogens with one attached hydrogen (secondary N) is 1. The maximum atomic E-state index is 12.8. The van der Waals surface area contributed by atoms with Crippen molar-refractivity contribution in [3.63, 3.8) is 0 Å². The van der Waals surface area contributed by atoms with Crippen LogP contribution in [-0.4, -0.2) is 51.9 Å². The van der Waals surface area contributed by atoms with Gasteiger partial charge in [0.1, 0.15) is 17.7 Å². The van der Waals surface area contributed by atoms with Crippen LogP contribution in [0.1, 0.15) is 56.3 Å². The van der Waals surface area contributed by atoms with Crippen molar-refractivity contribution in [2.75, 3.05) is 20.1 Å². The van der Waals surface area contributed by atoms with Gasteiger partial charge in [-0.2, -0.15) is 0 Å². The number of carbonyl (C=O) groups is 1. The predicted octanol–water partition coefficient (Wildman–Crippen LogP) is 3.99.